The van der Waals surface area contributed by atoms with Crippen molar-refractivity contribution in [3.63, 3.8) is 0 Å². The predicted octanol–water partition coefficient (Wildman–Crippen LogP) is 3.52. The number of hydrogen-bond acceptors (Lipinski definition) is 1. The number of nitrogens with one attached hydrogen (secondary N) is 2. The molecular weight excluding hydrogens is 224 g/mol. The monoisotopic (exact) mass is 246 g/mol. The van der Waals surface area contributed by atoms with Gasteiger partial charge in [0.2, 0.25) is 0 Å². The van der Waals surface area contributed by atoms with E-state index >= 15 is 0 Å². The average molecular weight is 246 g/mol. The molecule has 1 fully saturated rings. The summed E-state index contributed by atoms with van der Waals surface area (Å²) in [7, 11) is 0. The quantitative estimate of drug-likeness (QED) is 0.841. The molecule has 2 rings (SSSR count). The molecule has 1 aliphatic rings. The second-order valence-corrected chi connectivity index (χ2v) is 6.11. The highest BCUT2D eigenvalue weighted by Gasteiger charge is 2.21. The summed E-state index contributed by atoms with van der Waals surface area (Å²) in [5, 5.41) is 5.79. The van der Waals surface area contributed by atoms with Gasteiger partial charge in [0.05, 0.1) is 0 Å². The summed E-state index contributed by atoms with van der Waals surface area (Å²) in [6, 6.07) is 7.93. The zero-order chi connectivity index (χ0) is 13.2. The standard InChI is InChI=1S/C15H22N2O/c1-15(2,3)12-5-4-6-13(9-12)17-14(18)16-10-11-7-8-11/h4-6,9,11H,7-8,10H2,1-3H3,(H2,16,17,18). The highest BCUT2D eigenvalue weighted by atomic mass is 16.2. The van der Waals surface area contributed by atoms with Crippen LogP contribution in [0, 0.1) is 5.92 Å². The van der Waals surface area contributed by atoms with Gasteiger partial charge in [0, 0.05) is 12.2 Å². The van der Waals surface area contributed by atoms with Gasteiger partial charge in [0.15, 0.2) is 0 Å². The van der Waals surface area contributed by atoms with E-state index in [1.54, 1.807) is 0 Å². The molecule has 1 aromatic carbocycles. The first kappa shape index (κ1) is 12.9. The van der Waals surface area contributed by atoms with Crippen molar-refractivity contribution in [2.45, 2.75) is 39.0 Å². The molecule has 3 nitrogen and oxygen atoms in total. The van der Waals surface area contributed by atoms with Crippen molar-refractivity contribution in [1.29, 1.82) is 0 Å². The molecule has 1 saturated carbocycles. The molecule has 0 unspecified atom stereocenters. The van der Waals surface area contributed by atoms with Crippen LogP contribution < -0.4 is 10.6 Å². The molecular formula is C15H22N2O. The molecule has 3 heteroatoms. The molecule has 0 radical (unpaired) electrons. The average Bonchev–Trinajstić information content (AvgIpc) is 3.09. The molecule has 0 spiro atoms. The Morgan fingerprint density at radius 2 is 2.06 bits per heavy atom. The molecule has 18 heavy (non-hydrogen) atoms. The number of carbonyl (C=O) groups excluding carboxylic acids is 1. The normalized spacial score (nSPS) is 15.3. The van der Waals surface area contributed by atoms with Gasteiger partial charge < -0.3 is 10.6 Å². The Hall–Kier alpha value is -1.51. The predicted molar refractivity (Wildman–Crippen MR) is 74.9 cm³/mol. The number of amides is 2. The first-order valence-electron chi connectivity index (χ1n) is 6.60. The summed E-state index contributed by atoms with van der Waals surface area (Å²) >= 11 is 0. The molecule has 98 valence electrons. The van der Waals surface area contributed by atoms with Crippen molar-refractivity contribution >= 4 is 11.7 Å². The zero-order valence-electron chi connectivity index (χ0n) is 11.4. The van der Waals surface area contributed by atoms with Gasteiger partial charge in [-0.15, -0.1) is 0 Å². The molecule has 0 saturated heterocycles. The van der Waals surface area contributed by atoms with Crippen LogP contribution in [0.15, 0.2) is 24.3 Å². The molecule has 2 amide bonds. The van der Waals surface area contributed by atoms with Crippen molar-refractivity contribution in [3.8, 4) is 0 Å². The molecule has 1 aliphatic carbocycles. The van der Waals surface area contributed by atoms with Crippen molar-refractivity contribution in [2.75, 3.05) is 11.9 Å². The van der Waals surface area contributed by atoms with E-state index in [1.165, 1.54) is 18.4 Å². The van der Waals surface area contributed by atoms with Crippen LogP contribution in [0.1, 0.15) is 39.2 Å². The van der Waals surface area contributed by atoms with E-state index < -0.39 is 0 Å². The van der Waals surface area contributed by atoms with Gasteiger partial charge >= 0.3 is 6.03 Å². The summed E-state index contributed by atoms with van der Waals surface area (Å²) < 4.78 is 0. The minimum Gasteiger partial charge on any atom is -0.338 e. The summed E-state index contributed by atoms with van der Waals surface area (Å²) in [6.45, 7) is 7.29. The highest BCUT2D eigenvalue weighted by Crippen LogP contribution is 2.27. The Balaban J connectivity index is 1.93. The van der Waals surface area contributed by atoms with E-state index in [0.29, 0.717) is 5.92 Å². The maximum absolute atomic E-state index is 11.7. The topological polar surface area (TPSA) is 41.1 Å². The van der Waals surface area contributed by atoms with Crippen LogP contribution >= 0.6 is 0 Å². The van der Waals surface area contributed by atoms with E-state index in [0.717, 1.165) is 12.2 Å². The van der Waals surface area contributed by atoms with Crippen molar-refractivity contribution < 1.29 is 4.79 Å². The summed E-state index contributed by atoms with van der Waals surface area (Å²) in [4.78, 5) is 11.7. The Labute approximate surface area is 109 Å². The van der Waals surface area contributed by atoms with Gasteiger partial charge in [-0.05, 0) is 41.9 Å². The van der Waals surface area contributed by atoms with Gasteiger partial charge in [-0.2, -0.15) is 0 Å². The van der Waals surface area contributed by atoms with E-state index in [-0.39, 0.29) is 11.4 Å². The Bertz CT molecular complexity index is 430. The van der Waals surface area contributed by atoms with E-state index in [4.69, 9.17) is 0 Å². The lowest BCUT2D eigenvalue weighted by Crippen LogP contribution is -2.30. The zero-order valence-corrected chi connectivity index (χ0v) is 11.4. The summed E-state index contributed by atoms with van der Waals surface area (Å²) in [5.74, 6) is 0.705. The number of hydrogen-bond donors (Lipinski definition) is 2. The minimum atomic E-state index is -0.104. The van der Waals surface area contributed by atoms with Gasteiger partial charge in [-0.3, -0.25) is 0 Å². The van der Waals surface area contributed by atoms with Crippen LogP contribution in [0.2, 0.25) is 0 Å². The minimum absolute atomic E-state index is 0.0994. The highest BCUT2D eigenvalue weighted by molar-refractivity contribution is 5.89. The number of urea groups is 1. The largest absolute Gasteiger partial charge is 0.338 e. The lowest BCUT2D eigenvalue weighted by atomic mass is 9.87. The summed E-state index contributed by atoms with van der Waals surface area (Å²) in [5.41, 5.74) is 2.18. The number of anilines is 1. The van der Waals surface area contributed by atoms with Gasteiger partial charge in [-0.25, -0.2) is 4.79 Å². The maximum atomic E-state index is 11.7. The molecule has 1 aromatic rings. The second-order valence-electron chi connectivity index (χ2n) is 6.11. The SMILES string of the molecule is CC(C)(C)c1cccc(NC(=O)NCC2CC2)c1. The maximum Gasteiger partial charge on any atom is 0.319 e. The summed E-state index contributed by atoms with van der Waals surface area (Å²) in [6.07, 6.45) is 2.50. The van der Waals surface area contributed by atoms with Crippen LogP contribution in [0.4, 0.5) is 10.5 Å². The Morgan fingerprint density at radius 3 is 2.67 bits per heavy atom. The fourth-order valence-corrected chi connectivity index (χ4v) is 1.80. The van der Waals surface area contributed by atoms with E-state index in [2.05, 4.69) is 37.5 Å². The fourth-order valence-electron chi connectivity index (χ4n) is 1.80. The van der Waals surface area contributed by atoms with Crippen LogP contribution in [0.25, 0.3) is 0 Å². The number of benzene rings is 1. The van der Waals surface area contributed by atoms with E-state index in [9.17, 15) is 4.79 Å². The Kier molecular flexibility index (Phi) is 3.60. The number of rotatable bonds is 3. The lowest BCUT2D eigenvalue weighted by Gasteiger charge is -2.20. The first-order chi connectivity index (χ1) is 8.45. The second kappa shape index (κ2) is 5.01. The van der Waals surface area contributed by atoms with Crippen molar-refractivity contribution in [1.82, 2.24) is 5.32 Å². The van der Waals surface area contributed by atoms with Crippen LogP contribution in [0.5, 0.6) is 0 Å². The third-order valence-electron chi connectivity index (χ3n) is 3.23. The van der Waals surface area contributed by atoms with Crippen LogP contribution in [-0.4, -0.2) is 12.6 Å². The van der Waals surface area contributed by atoms with E-state index in [1.807, 2.05) is 18.2 Å². The molecule has 0 aromatic heterocycles. The van der Waals surface area contributed by atoms with Crippen LogP contribution in [-0.2, 0) is 5.41 Å². The lowest BCUT2D eigenvalue weighted by molar-refractivity contribution is 0.251. The number of carbonyl (C=O) groups is 1. The van der Waals surface area contributed by atoms with Crippen LogP contribution in [0.3, 0.4) is 0 Å². The first-order valence-corrected chi connectivity index (χ1v) is 6.60. The molecule has 0 aliphatic heterocycles. The van der Waals surface area contributed by atoms with Crippen molar-refractivity contribution in [3.05, 3.63) is 29.8 Å². The van der Waals surface area contributed by atoms with Gasteiger partial charge in [0.25, 0.3) is 0 Å². The third kappa shape index (κ3) is 3.76. The molecule has 2 N–H and O–H groups in total. The van der Waals surface area contributed by atoms with Gasteiger partial charge in [0.1, 0.15) is 0 Å². The molecule has 0 heterocycles. The van der Waals surface area contributed by atoms with Crippen molar-refractivity contribution in [2.24, 2.45) is 5.92 Å². The molecule has 0 bridgehead atoms. The Morgan fingerprint density at radius 1 is 1.33 bits per heavy atom. The van der Waals surface area contributed by atoms with Gasteiger partial charge in [-0.1, -0.05) is 32.9 Å². The smallest absolute Gasteiger partial charge is 0.319 e. The fraction of sp³-hybridized carbons (Fsp3) is 0.533. The molecule has 0 atom stereocenters. The third-order valence-corrected chi connectivity index (χ3v) is 3.23.